The van der Waals surface area contributed by atoms with Crippen molar-refractivity contribution in [2.75, 3.05) is 20.1 Å². The minimum Gasteiger partial charge on any atom is -0.354 e. The van der Waals surface area contributed by atoms with Gasteiger partial charge >= 0.3 is 6.03 Å². The highest BCUT2D eigenvalue weighted by Gasteiger charge is 2.36. The van der Waals surface area contributed by atoms with Crippen molar-refractivity contribution in [1.82, 2.24) is 20.9 Å². The zero-order valence-electron chi connectivity index (χ0n) is 14.9. The molecule has 2 bridgehead atoms. The van der Waals surface area contributed by atoms with E-state index in [4.69, 9.17) is 0 Å². The molecule has 0 spiro atoms. The maximum absolute atomic E-state index is 12.1. The molecule has 6 nitrogen and oxygen atoms in total. The summed E-state index contributed by atoms with van der Waals surface area (Å²) in [7, 11) is 2.22. The second-order valence-corrected chi connectivity index (χ2v) is 7.74. The smallest absolute Gasteiger partial charge is 0.315 e. The van der Waals surface area contributed by atoms with E-state index in [0.29, 0.717) is 25.2 Å². The van der Waals surface area contributed by atoms with Gasteiger partial charge < -0.3 is 20.9 Å². The number of urea groups is 1. The van der Waals surface area contributed by atoms with Crippen molar-refractivity contribution < 1.29 is 9.59 Å². The number of hydrogen-bond donors (Lipinski definition) is 3. The number of fused-ring (bicyclic) bond motifs is 2. The number of nitrogens with zero attached hydrogens (tertiary/aromatic N) is 1. The third-order valence-electron chi connectivity index (χ3n) is 6.11. The summed E-state index contributed by atoms with van der Waals surface area (Å²) >= 11 is 0. The van der Waals surface area contributed by atoms with Crippen LogP contribution in [0, 0.1) is 5.92 Å². The van der Waals surface area contributed by atoms with E-state index >= 15 is 0 Å². The molecule has 0 radical (unpaired) electrons. The fraction of sp³-hybridized carbons (Fsp3) is 0.889. The van der Waals surface area contributed by atoms with E-state index in [1.54, 1.807) is 0 Å². The summed E-state index contributed by atoms with van der Waals surface area (Å²) in [6.45, 7) is 1.01. The Kier molecular flexibility index (Phi) is 5.98. The largest absolute Gasteiger partial charge is 0.354 e. The monoisotopic (exact) mass is 336 g/mol. The van der Waals surface area contributed by atoms with Crippen LogP contribution in [-0.2, 0) is 4.79 Å². The molecule has 3 N–H and O–H groups in total. The number of piperidine rings is 2. The molecule has 0 aromatic heterocycles. The molecule has 3 aliphatic rings. The summed E-state index contributed by atoms with van der Waals surface area (Å²) in [5.41, 5.74) is 0. The highest BCUT2D eigenvalue weighted by molar-refractivity contribution is 5.79. The summed E-state index contributed by atoms with van der Waals surface area (Å²) in [5.74, 6) is 0.343. The summed E-state index contributed by atoms with van der Waals surface area (Å²) in [5, 5.41) is 8.93. The Morgan fingerprint density at radius 1 is 0.917 bits per heavy atom. The standard InChI is InChI=1S/C18H32N4O2/c1-22-15-7-4-8-16(22)12-14(11-15)21-18(24)20-10-9-19-17(23)13-5-2-3-6-13/h13-16H,2-12H2,1H3,(H,19,23)(H2,20,21,24). The molecule has 24 heavy (non-hydrogen) atoms. The second-order valence-electron chi connectivity index (χ2n) is 7.74. The Hall–Kier alpha value is -1.30. The number of carbonyl (C=O) groups excluding carboxylic acids is 2. The Morgan fingerprint density at radius 3 is 2.21 bits per heavy atom. The molecule has 3 rings (SSSR count). The van der Waals surface area contributed by atoms with Gasteiger partial charge in [0.1, 0.15) is 0 Å². The molecule has 3 amide bonds. The van der Waals surface area contributed by atoms with E-state index in [1.165, 1.54) is 19.3 Å². The SMILES string of the molecule is CN1C2CCCC1CC(NC(=O)NCCNC(=O)C1CCCC1)C2. The molecule has 1 saturated carbocycles. The Bertz CT molecular complexity index is 436. The van der Waals surface area contributed by atoms with Gasteiger partial charge in [0.2, 0.25) is 5.91 Å². The Morgan fingerprint density at radius 2 is 1.54 bits per heavy atom. The molecule has 2 heterocycles. The van der Waals surface area contributed by atoms with Gasteiger partial charge in [0, 0.05) is 37.1 Å². The number of amides is 3. The van der Waals surface area contributed by atoms with Gasteiger partial charge in [0.05, 0.1) is 0 Å². The van der Waals surface area contributed by atoms with Crippen molar-refractivity contribution in [2.45, 2.75) is 75.9 Å². The minimum absolute atomic E-state index is 0.0993. The summed E-state index contributed by atoms with van der Waals surface area (Å²) in [4.78, 5) is 26.5. The topological polar surface area (TPSA) is 73.5 Å². The van der Waals surface area contributed by atoms with Crippen LogP contribution in [0.5, 0.6) is 0 Å². The van der Waals surface area contributed by atoms with Crippen LogP contribution < -0.4 is 16.0 Å². The van der Waals surface area contributed by atoms with Crippen LogP contribution >= 0.6 is 0 Å². The average molecular weight is 336 g/mol. The number of hydrogen-bond acceptors (Lipinski definition) is 3. The predicted molar refractivity (Wildman–Crippen MR) is 93.7 cm³/mol. The first-order chi connectivity index (χ1) is 11.6. The molecule has 3 fully saturated rings. The van der Waals surface area contributed by atoms with Gasteiger partial charge in [-0.1, -0.05) is 19.3 Å². The van der Waals surface area contributed by atoms with Crippen molar-refractivity contribution in [2.24, 2.45) is 5.92 Å². The van der Waals surface area contributed by atoms with E-state index in [1.807, 2.05) is 0 Å². The lowest BCUT2D eigenvalue weighted by molar-refractivity contribution is -0.124. The molecule has 136 valence electrons. The quantitative estimate of drug-likeness (QED) is 0.668. The van der Waals surface area contributed by atoms with Crippen LogP contribution in [0.1, 0.15) is 57.8 Å². The van der Waals surface area contributed by atoms with Crippen molar-refractivity contribution in [3.63, 3.8) is 0 Å². The lowest BCUT2D eigenvalue weighted by Crippen LogP contribution is -2.56. The first kappa shape index (κ1) is 17.5. The van der Waals surface area contributed by atoms with E-state index in [-0.39, 0.29) is 23.9 Å². The van der Waals surface area contributed by atoms with Crippen LogP contribution in [0.2, 0.25) is 0 Å². The molecule has 6 heteroatoms. The lowest BCUT2D eigenvalue weighted by atomic mass is 9.82. The first-order valence-corrected chi connectivity index (χ1v) is 9.67. The fourth-order valence-corrected chi connectivity index (χ4v) is 4.66. The van der Waals surface area contributed by atoms with Gasteiger partial charge in [-0.2, -0.15) is 0 Å². The second kappa shape index (κ2) is 8.19. The van der Waals surface area contributed by atoms with E-state index in [0.717, 1.165) is 38.5 Å². The molecule has 2 atom stereocenters. The zero-order valence-corrected chi connectivity index (χ0v) is 14.9. The molecule has 2 unspecified atom stereocenters. The molecular weight excluding hydrogens is 304 g/mol. The molecule has 1 aliphatic carbocycles. The van der Waals surface area contributed by atoms with Crippen molar-refractivity contribution in [1.29, 1.82) is 0 Å². The lowest BCUT2D eigenvalue weighted by Gasteiger charge is -2.47. The summed E-state index contributed by atoms with van der Waals surface area (Å²) in [6, 6.07) is 1.42. The summed E-state index contributed by atoms with van der Waals surface area (Å²) < 4.78 is 0. The minimum atomic E-state index is -0.0993. The normalized spacial score (nSPS) is 30.8. The number of carbonyl (C=O) groups is 2. The van der Waals surface area contributed by atoms with Crippen LogP contribution in [0.15, 0.2) is 0 Å². The molecule has 0 aromatic rings. The van der Waals surface area contributed by atoms with Gasteiger partial charge in [-0.15, -0.1) is 0 Å². The van der Waals surface area contributed by atoms with E-state index in [2.05, 4.69) is 27.9 Å². The maximum atomic E-state index is 12.1. The maximum Gasteiger partial charge on any atom is 0.315 e. The first-order valence-electron chi connectivity index (χ1n) is 9.67. The predicted octanol–water partition coefficient (Wildman–Crippen LogP) is 1.61. The molecule has 0 aromatic carbocycles. The van der Waals surface area contributed by atoms with Crippen LogP contribution in [0.3, 0.4) is 0 Å². The van der Waals surface area contributed by atoms with Gasteiger partial charge in [-0.3, -0.25) is 4.79 Å². The summed E-state index contributed by atoms with van der Waals surface area (Å²) in [6.07, 6.45) is 10.3. The van der Waals surface area contributed by atoms with Crippen molar-refractivity contribution in [3.8, 4) is 0 Å². The van der Waals surface area contributed by atoms with Crippen LogP contribution in [0.4, 0.5) is 4.79 Å². The number of nitrogens with one attached hydrogen (secondary N) is 3. The van der Waals surface area contributed by atoms with Crippen molar-refractivity contribution in [3.05, 3.63) is 0 Å². The van der Waals surface area contributed by atoms with E-state index < -0.39 is 0 Å². The van der Waals surface area contributed by atoms with Gasteiger partial charge in [0.25, 0.3) is 0 Å². The van der Waals surface area contributed by atoms with Crippen molar-refractivity contribution >= 4 is 11.9 Å². The van der Waals surface area contributed by atoms with Crippen LogP contribution in [0.25, 0.3) is 0 Å². The van der Waals surface area contributed by atoms with Gasteiger partial charge in [-0.25, -0.2) is 4.79 Å². The Balaban J connectivity index is 1.30. The molecule has 2 aliphatic heterocycles. The highest BCUT2D eigenvalue weighted by atomic mass is 16.2. The average Bonchev–Trinajstić information content (AvgIpc) is 3.07. The third kappa shape index (κ3) is 4.41. The fourth-order valence-electron chi connectivity index (χ4n) is 4.66. The third-order valence-corrected chi connectivity index (χ3v) is 6.11. The van der Waals surface area contributed by atoms with E-state index in [9.17, 15) is 9.59 Å². The van der Waals surface area contributed by atoms with Crippen LogP contribution in [-0.4, -0.2) is 55.1 Å². The van der Waals surface area contributed by atoms with Gasteiger partial charge in [-0.05, 0) is 45.6 Å². The van der Waals surface area contributed by atoms with Gasteiger partial charge in [0.15, 0.2) is 0 Å². The highest BCUT2D eigenvalue weighted by Crippen LogP contribution is 2.32. The molecule has 2 saturated heterocycles. The Labute approximate surface area is 145 Å². The number of rotatable bonds is 5. The zero-order chi connectivity index (χ0) is 16.9. The molecular formula is C18H32N4O2.